The summed E-state index contributed by atoms with van der Waals surface area (Å²) >= 11 is 0. The molecule has 0 unspecified atom stereocenters. The van der Waals surface area contributed by atoms with E-state index in [-0.39, 0.29) is 30.3 Å². The fourth-order valence-electron chi connectivity index (χ4n) is 3.52. The molecule has 4 rings (SSSR count). The average molecular weight is 288 g/mol. The summed E-state index contributed by atoms with van der Waals surface area (Å²) in [6.45, 7) is 4.48. The first-order valence-corrected chi connectivity index (χ1v) is 7.44. The van der Waals surface area contributed by atoms with Crippen LogP contribution in [0.4, 0.5) is 0 Å². The number of fused-ring (bicyclic) bond motifs is 3. The van der Waals surface area contributed by atoms with E-state index in [1.54, 1.807) is 0 Å². The molecule has 1 saturated heterocycles. The molecule has 0 radical (unpaired) electrons. The number of hydrazone groups is 1. The maximum absolute atomic E-state index is 6.17. The first kappa shape index (κ1) is 13.2. The Hall–Kier alpha value is -1.43. The molecule has 3 aliphatic rings. The Kier molecular flexibility index (Phi) is 3.03. The van der Waals surface area contributed by atoms with Crippen LogP contribution in [0.2, 0.25) is 0 Å². The summed E-state index contributed by atoms with van der Waals surface area (Å²) in [5.41, 5.74) is 4.31. The number of rotatable bonds is 3. The Labute approximate surface area is 124 Å². The summed E-state index contributed by atoms with van der Waals surface area (Å²) in [5.74, 6) is -0.348. The average Bonchev–Trinajstić information content (AvgIpc) is 3.09. The van der Waals surface area contributed by atoms with Crippen molar-refractivity contribution in [3.63, 3.8) is 0 Å². The van der Waals surface area contributed by atoms with E-state index in [0.717, 1.165) is 0 Å². The molecule has 1 aliphatic carbocycles. The van der Waals surface area contributed by atoms with Crippen molar-refractivity contribution in [1.82, 2.24) is 5.43 Å². The van der Waals surface area contributed by atoms with E-state index in [1.165, 1.54) is 5.56 Å². The third-order valence-electron chi connectivity index (χ3n) is 4.39. The molecule has 1 aromatic rings. The summed E-state index contributed by atoms with van der Waals surface area (Å²) in [4.78, 5) is 0. The number of hydrogen-bond acceptors (Lipinski definition) is 5. The molecule has 2 fully saturated rings. The lowest BCUT2D eigenvalue weighted by Gasteiger charge is -2.25. The van der Waals surface area contributed by atoms with Crippen LogP contribution >= 0.6 is 0 Å². The summed E-state index contributed by atoms with van der Waals surface area (Å²) in [6, 6.07) is 10.3. The Morgan fingerprint density at radius 1 is 1.19 bits per heavy atom. The standard InChI is InChI=1S/C16H20N2O3/c1-16(2)20-14-12-11(8-17-18-12)13(15(14)21-16)19-9-10-6-4-3-5-7-10/h3-8,11-15,18H,9H2,1-2H3/t11-,12+,13-,14-,15+/m1/s1. The molecule has 0 spiro atoms. The van der Waals surface area contributed by atoms with Crippen molar-refractivity contribution in [3.8, 4) is 0 Å². The molecule has 0 bridgehead atoms. The predicted octanol–water partition coefficient (Wildman–Crippen LogP) is 1.68. The normalized spacial score (nSPS) is 39.0. The second-order valence-corrected chi connectivity index (χ2v) is 6.34. The third-order valence-corrected chi connectivity index (χ3v) is 4.39. The summed E-state index contributed by atoms with van der Waals surface area (Å²) in [5, 5.41) is 4.19. The summed E-state index contributed by atoms with van der Waals surface area (Å²) in [6.07, 6.45) is 1.85. The molecule has 5 atom stereocenters. The van der Waals surface area contributed by atoms with Crippen LogP contribution in [0.15, 0.2) is 35.4 Å². The molecule has 2 heterocycles. The fourth-order valence-corrected chi connectivity index (χ4v) is 3.52. The van der Waals surface area contributed by atoms with Crippen LogP contribution in [-0.4, -0.2) is 36.4 Å². The minimum absolute atomic E-state index is 0.00623. The quantitative estimate of drug-likeness (QED) is 0.919. The Morgan fingerprint density at radius 2 is 1.95 bits per heavy atom. The van der Waals surface area contributed by atoms with Crippen molar-refractivity contribution >= 4 is 6.21 Å². The lowest BCUT2D eigenvalue weighted by molar-refractivity contribution is -0.172. The topological polar surface area (TPSA) is 52.1 Å². The van der Waals surface area contributed by atoms with E-state index < -0.39 is 5.79 Å². The van der Waals surface area contributed by atoms with Gasteiger partial charge in [0, 0.05) is 12.1 Å². The zero-order valence-corrected chi connectivity index (χ0v) is 12.2. The van der Waals surface area contributed by atoms with Crippen molar-refractivity contribution in [2.24, 2.45) is 11.0 Å². The van der Waals surface area contributed by atoms with E-state index in [2.05, 4.69) is 22.7 Å². The van der Waals surface area contributed by atoms with Gasteiger partial charge in [-0.2, -0.15) is 5.10 Å². The second-order valence-electron chi connectivity index (χ2n) is 6.34. The van der Waals surface area contributed by atoms with Crippen molar-refractivity contribution in [2.75, 3.05) is 0 Å². The van der Waals surface area contributed by atoms with Gasteiger partial charge in [-0.15, -0.1) is 0 Å². The van der Waals surface area contributed by atoms with Gasteiger partial charge < -0.3 is 19.6 Å². The van der Waals surface area contributed by atoms with Gasteiger partial charge in [0.15, 0.2) is 5.79 Å². The highest BCUT2D eigenvalue weighted by molar-refractivity contribution is 5.66. The minimum atomic E-state index is -0.557. The molecule has 5 heteroatoms. The molecule has 21 heavy (non-hydrogen) atoms. The van der Waals surface area contributed by atoms with Gasteiger partial charge in [-0.05, 0) is 19.4 Å². The number of hydrogen-bond donors (Lipinski definition) is 1. The maximum atomic E-state index is 6.17. The fraction of sp³-hybridized carbons (Fsp3) is 0.562. The molecule has 112 valence electrons. The predicted molar refractivity (Wildman–Crippen MR) is 77.7 cm³/mol. The maximum Gasteiger partial charge on any atom is 0.164 e. The molecular formula is C16H20N2O3. The van der Waals surface area contributed by atoms with E-state index >= 15 is 0 Å². The van der Waals surface area contributed by atoms with Crippen molar-refractivity contribution < 1.29 is 14.2 Å². The summed E-state index contributed by atoms with van der Waals surface area (Å²) < 4.78 is 18.3. The van der Waals surface area contributed by atoms with Crippen LogP contribution < -0.4 is 5.43 Å². The molecule has 0 amide bonds. The zero-order chi connectivity index (χ0) is 14.4. The van der Waals surface area contributed by atoms with Crippen LogP contribution in [0.1, 0.15) is 19.4 Å². The molecule has 1 N–H and O–H groups in total. The lowest BCUT2D eigenvalue weighted by Crippen LogP contribution is -2.38. The van der Waals surface area contributed by atoms with Crippen LogP contribution in [0.3, 0.4) is 0 Å². The van der Waals surface area contributed by atoms with E-state index in [1.807, 2.05) is 38.3 Å². The van der Waals surface area contributed by atoms with Gasteiger partial charge in [-0.25, -0.2) is 0 Å². The highest BCUT2D eigenvalue weighted by Gasteiger charge is 2.60. The lowest BCUT2D eigenvalue weighted by atomic mass is 10.0. The van der Waals surface area contributed by atoms with Gasteiger partial charge in [0.25, 0.3) is 0 Å². The molecule has 1 aromatic carbocycles. The van der Waals surface area contributed by atoms with Crippen LogP contribution in [-0.2, 0) is 20.8 Å². The Morgan fingerprint density at radius 3 is 2.76 bits per heavy atom. The third kappa shape index (κ3) is 2.25. The second kappa shape index (κ2) is 4.80. The van der Waals surface area contributed by atoms with Gasteiger partial charge in [-0.3, -0.25) is 0 Å². The van der Waals surface area contributed by atoms with Crippen LogP contribution in [0.5, 0.6) is 0 Å². The number of ether oxygens (including phenoxy) is 3. The zero-order valence-electron chi connectivity index (χ0n) is 12.2. The van der Waals surface area contributed by atoms with Gasteiger partial charge in [-0.1, -0.05) is 30.3 Å². The van der Waals surface area contributed by atoms with Gasteiger partial charge in [0.2, 0.25) is 0 Å². The highest BCUT2D eigenvalue weighted by Crippen LogP contribution is 2.43. The first-order chi connectivity index (χ1) is 10.1. The number of benzene rings is 1. The summed E-state index contributed by atoms with van der Waals surface area (Å²) in [7, 11) is 0. The molecule has 5 nitrogen and oxygen atoms in total. The van der Waals surface area contributed by atoms with Crippen molar-refractivity contribution in [1.29, 1.82) is 0 Å². The molecule has 2 aliphatic heterocycles. The molecule has 1 saturated carbocycles. The van der Waals surface area contributed by atoms with Gasteiger partial charge in [0.1, 0.15) is 12.2 Å². The largest absolute Gasteiger partial charge is 0.370 e. The van der Waals surface area contributed by atoms with Crippen LogP contribution in [0, 0.1) is 5.92 Å². The first-order valence-electron chi connectivity index (χ1n) is 7.44. The van der Waals surface area contributed by atoms with Crippen molar-refractivity contribution in [2.45, 2.75) is 50.6 Å². The van der Waals surface area contributed by atoms with E-state index in [4.69, 9.17) is 14.2 Å². The molecular weight excluding hydrogens is 268 g/mol. The SMILES string of the molecule is CC1(C)O[C@H]2[C@H](OCc3ccccc3)[C@@H]3C=NN[C@@H]3[C@H]2O1. The van der Waals surface area contributed by atoms with Crippen molar-refractivity contribution in [3.05, 3.63) is 35.9 Å². The number of nitrogens with zero attached hydrogens (tertiary/aromatic N) is 1. The van der Waals surface area contributed by atoms with Crippen LogP contribution in [0.25, 0.3) is 0 Å². The number of nitrogens with one attached hydrogen (secondary N) is 1. The molecule has 0 aromatic heterocycles. The minimum Gasteiger partial charge on any atom is -0.370 e. The Bertz CT molecular complexity index is 546. The van der Waals surface area contributed by atoms with Gasteiger partial charge >= 0.3 is 0 Å². The van der Waals surface area contributed by atoms with E-state index in [0.29, 0.717) is 6.61 Å². The van der Waals surface area contributed by atoms with Gasteiger partial charge in [0.05, 0.1) is 18.8 Å². The van der Waals surface area contributed by atoms with E-state index in [9.17, 15) is 0 Å². The smallest absolute Gasteiger partial charge is 0.164 e. The highest BCUT2D eigenvalue weighted by atomic mass is 16.8. The monoisotopic (exact) mass is 288 g/mol. The Balaban J connectivity index is 1.51.